The molecule has 2 aromatic heterocycles. The molecule has 0 atom stereocenters. The van der Waals surface area contributed by atoms with Crippen molar-refractivity contribution in [2.45, 2.75) is 0 Å². The van der Waals surface area contributed by atoms with Crippen LogP contribution < -0.4 is 0 Å². The highest BCUT2D eigenvalue weighted by molar-refractivity contribution is 7.26. The molecule has 0 aliphatic rings. The number of hydrogen-bond donors (Lipinski definition) is 0. The van der Waals surface area contributed by atoms with E-state index in [0.29, 0.717) is 17.5 Å². The van der Waals surface area contributed by atoms with Crippen LogP contribution in [0.2, 0.25) is 0 Å². The number of aromatic nitrogens is 3. The number of thiophene rings is 1. The van der Waals surface area contributed by atoms with E-state index in [2.05, 4.69) is 103 Å². The van der Waals surface area contributed by atoms with Gasteiger partial charge in [0.25, 0.3) is 0 Å². The number of fused-ring (bicyclic) bond motifs is 5. The van der Waals surface area contributed by atoms with Crippen LogP contribution in [0.15, 0.2) is 164 Å². The summed E-state index contributed by atoms with van der Waals surface area (Å²) < 4.78 is 2.62. The molecule has 220 valence electrons. The SMILES string of the molecule is c1ccc(-c2nc(-c3ccccc3)nc(-c3cccc(-c4cccc(-c5cccc6sc7ccc8ccccc8c7c56)c4)c3)n2)cc1. The average molecular weight is 618 g/mol. The van der Waals surface area contributed by atoms with Gasteiger partial charge in [-0.1, -0.05) is 140 Å². The Morgan fingerprint density at radius 1 is 0.340 bits per heavy atom. The molecule has 9 aromatic rings. The molecule has 7 aromatic carbocycles. The van der Waals surface area contributed by atoms with E-state index in [4.69, 9.17) is 15.0 Å². The number of benzene rings is 7. The molecule has 2 heterocycles. The van der Waals surface area contributed by atoms with Crippen LogP contribution in [0, 0.1) is 0 Å². The van der Waals surface area contributed by atoms with E-state index in [1.54, 1.807) is 0 Å². The zero-order valence-electron chi connectivity index (χ0n) is 25.3. The molecule has 3 nitrogen and oxygen atoms in total. The van der Waals surface area contributed by atoms with Gasteiger partial charge in [0, 0.05) is 36.9 Å². The molecule has 0 radical (unpaired) electrons. The lowest BCUT2D eigenvalue weighted by atomic mass is 9.94. The Bertz CT molecular complexity index is 2510. The molecule has 0 N–H and O–H groups in total. The molecule has 0 unspecified atom stereocenters. The van der Waals surface area contributed by atoms with E-state index in [1.165, 1.54) is 42.1 Å². The predicted octanol–water partition coefficient (Wildman–Crippen LogP) is 11.7. The summed E-state index contributed by atoms with van der Waals surface area (Å²) in [4.78, 5) is 14.8. The maximum atomic E-state index is 4.96. The topological polar surface area (TPSA) is 38.7 Å². The highest BCUT2D eigenvalue weighted by Gasteiger charge is 2.15. The van der Waals surface area contributed by atoms with Gasteiger partial charge < -0.3 is 0 Å². The lowest BCUT2D eigenvalue weighted by Crippen LogP contribution is -2.00. The predicted molar refractivity (Wildman–Crippen MR) is 197 cm³/mol. The number of nitrogens with zero attached hydrogens (tertiary/aromatic N) is 3. The first-order valence-corrected chi connectivity index (χ1v) is 16.5. The van der Waals surface area contributed by atoms with Crippen molar-refractivity contribution in [3.05, 3.63) is 164 Å². The first kappa shape index (κ1) is 27.3. The van der Waals surface area contributed by atoms with Gasteiger partial charge in [-0.2, -0.15) is 0 Å². The third-order valence-electron chi connectivity index (χ3n) is 8.71. The molecule has 4 heteroatoms. The molecule has 0 fully saturated rings. The zero-order valence-corrected chi connectivity index (χ0v) is 26.2. The minimum atomic E-state index is 0.650. The van der Waals surface area contributed by atoms with E-state index < -0.39 is 0 Å². The van der Waals surface area contributed by atoms with E-state index in [-0.39, 0.29) is 0 Å². The van der Waals surface area contributed by atoms with Gasteiger partial charge in [0.15, 0.2) is 17.5 Å². The van der Waals surface area contributed by atoms with Crippen molar-refractivity contribution in [1.82, 2.24) is 15.0 Å². The summed E-state index contributed by atoms with van der Waals surface area (Å²) in [7, 11) is 0. The third kappa shape index (κ3) is 4.96. The Labute approximate surface area is 276 Å². The molecule has 0 aliphatic carbocycles. The van der Waals surface area contributed by atoms with Gasteiger partial charge in [-0.25, -0.2) is 15.0 Å². The van der Waals surface area contributed by atoms with E-state index >= 15 is 0 Å². The molecule has 0 saturated heterocycles. The highest BCUT2D eigenvalue weighted by atomic mass is 32.1. The quantitative estimate of drug-likeness (QED) is 0.193. The van der Waals surface area contributed by atoms with Crippen molar-refractivity contribution in [3.8, 4) is 56.4 Å². The van der Waals surface area contributed by atoms with Crippen molar-refractivity contribution in [2.24, 2.45) is 0 Å². The van der Waals surface area contributed by atoms with Gasteiger partial charge >= 0.3 is 0 Å². The zero-order chi connectivity index (χ0) is 31.2. The minimum absolute atomic E-state index is 0.650. The van der Waals surface area contributed by atoms with Gasteiger partial charge in [-0.3, -0.25) is 0 Å². The minimum Gasteiger partial charge on any atom is -0.208 e. The Kier molecular flexibility index (Phi) is 6.65. The van der Waals surface area contributed by atoms with E-state index in [9.17, 15) is 0 Å². The van der Waals surface area contributed by atoms with E-state index in [1.807, 2.05) is 72.0 Å². The standard InChI is InChI=1S/C43H27N3S/c1-3-13-29(14-4-1)41-44-42(30-15-5-2-6-16-30)46-43(45-41)34-20-10-18-32(27-34)31-17-9-19-33(26-31)36-22-11-23-37-40(36)39-35-21-8-7-12-28(35)24-25-38(39)47-37/h1-27H. The van der Waals surface area contributed by atoms with Crippen molar-refractivity contribution in [3.63, 3.8) is 0 Å². The fourth-order valence-corrected chi connectivity index (χ4v) is 7.62. The number of hydrogen-bond acceptors (Lipinski definition) is 4. The first-order chi connectivity index (χ1) is 23.3. The third-order valence-corrected chi connectivity index (χ3v) is 9.83. The van der Waals surface area contributed by atoms with Gasteiger partial charge in [-0.05, 0) is 57.3 Å². The second-order valence-electron chi connectivity index (χ2n) is 11.6. The molecular formula is C43H27N3S. The summed E-state index contributed by atoms with van der Waals surface area (Å²) in [6.45, 7) is 0. The van der Waals surface area contributed by atoms with Crippen LogP contribution in [-0.4, -0.2) is 15.0 Å². The normalized spacial score (nSPS) is 11.4. The highest BCUT2D eigenvalue weighted by Crippen LogP contribution is 2.43. The molecule has 0 bridgehead atoms. The average Bonchev–Trinajstić information content (AvgIpc) is 3.55. The number of rotatable bonds is 5. The Balaban J connectivity index is 1.17. The fourth-order valence-electron chi connectivity index (χ4n) is 6.47. The van der Waals surface area contributed by atoms with Crippen molar-refractivity contribution < 1.29 is 0 Å². The smallest absolute Gasteiger partial charge is 0.164 e. The van der Waals surface area contributed by atoms with E-state index in [0.717, 1.165) is 27.8 Å². The lowest BCUT2D eigenvalue weighted by molar-refractivity contribution is 1.07. The second kappa shape index (κ2) is 11.4. The van der Waals surface area contributed by atoms with Crippen LogP contribution in [0.4, 0.5) is 0 Å². The van der Waals surface area contributed by atoms with Gasteiger partial charge in [0.1, 0.15) is 0 Å². The van der Waals surface area contributed by atoms with Crippen LogP contribution in [0.1, 0.15) is 0 Å². The summed E-state index contributed by atoms with van der Waals surface area (Å²) in [6, 6.07) is 57.5. The summed E-state index contributed by atoms with van der Waals surface area (Å²) in [6.07, 6.45) is 0. The van der Waals surface area contributed by atoms with Crippen LogP contribution in [-0.2, 0) is 0 Å². The molecule has 47 heavy (non-hydrogen) atoms. The van der Waals surface area contributed by atoms with Gasteiger partial charge in [-0.15, -0.1) is 11.3 Å². The molecule has 0 aliphatic heterocycles. The van der Waals surface area contributed by atoms with Crippen LogP contribution in [0.3, 0.4) is 0 Å². The Morgan fingerprint density at radius 2 is 0.851 bits per heavy atom. The van der Waals surface area contributed by atoms with Gasteiger partial charge in [0.2, 0.25) is 0 Å². The van der Waals surface area contributed by atoms with Crippen molar-refractivity contribution in [1.29, 1.82) is 0 Å². The van der Waals surface area contributed by atoms with Crippen LogP contribution in [0.25, 0.3) is 87.4 Å². The molecule has 0 spiro atoms. The lowest BCUT2D eigenvalue weighted by Gasteiger charge is -2.11. The largest absolute Gasteiger partial charge is 0.208 e. The molecule has 9 rings (SSSR count). The summed E-state index contributed by atoms with van der Waals surface area (Å²) >= 11 is 1.87. The van der Waals surface area contributed by atoms with Crippen molar-refractivity contribution >= 4 is 42.3 Å². The Hall–Kier alpha value is -5.97. The summed E-state index contributed by atoms with van der Waals surface area (Å²) in [5.41, 5.74) is 7.57. The molecular weight excluding hydrogens is 591 g/mol. The maximum absolute atomic E-state index is 4.96. The Morgan fingerprint density at radius 3 is 1.55 bits per heavy atom. The van der Waals surface area contributed by atoms with Crippen LogP contribution >= 0.6 is 11.3 Å². The molecule has 0 saturated carbocycles. The molecule has 0 amide bonds. The second-order valence-corrected chi connectivity index (χ2v) is 12.7. The van der Waals surface area contributed by atoms with Crippen molar-refractivity contribution in [2.75, 3.05) is 0 Å². The van der Waals surface area contributed by atoms with Crippen LogP contribution in [0.5, 0.6) is 0 Å². The fraction of sp³-hybridized carbons (Fsp3) is 0. The van der Waals surface area contributed by atoms with Gasteiger partial charge in [0.05, 0.1) is 0 Å². The maximum Gasteiger partial charge on any atom is 0.164 e. The summed E-state index contributed by atoms with van der Waals surface area (Å²) in [5, 5.41) is 5.23. The first-order valence-electron chi connectivity index (χ1n) is 15.7. The summed E-state index contributed by atoms with van der Waals surface area (Å²) in [5.74, 6) is 1.97. The monoisotopic (exact) mass is 617 g/mol.